The molecule has 0 N–H and O–H groups in total. The molecule has 0 radical (unpaired) electrons. The molecule has 0 bridgehead atoms. The molecule has 0 unspecified atom stereocenters. The van der Waals surface area contributed by atoms with Gasteiger partial charge in [-0.3, -0.25) is 4.57 Å². The lowest BCUT2D eigenvalue weighted by molar-refractivity contribution is 0.653. The van der Waals surface area contributed by atoms with Crippen molar-refractivity contribution in [3.05, 3.63) is 210 Å². The van der Waals surface area contributed by atoms with Crippen LogP contribution >= 0.6 is 0 Å². The van der Waals surface area contributed by atoms with Gasteiger partial charge in [-0.25, -0.2) is 9.97 Å². The van der Waals surface area contributed by atoms with Crippen molar-refractivity contribution in [2.24, 2.45) is 0 Å². The van der Waals surface area contributed by atoms with Crippen molar-refractivity contribution < 1.29 is 4.42 Å². The summed E-state index contributed by atoms with van der Waals surface area (Å²) in [4.78, 5) is 11.1. The van der Waals surface area contributed by atoms with Gasteiger partial charge in [-0.1, -0.05) is 152 Å². The predicted molar refractivity (Wildman–Crippen MR) is 240 cm³/mol. The van der Waals surface area contributed by atoms with Crippen LogP contribution in [0.15, 0.2) is 192 Å². The number of fused-ring (bicyclic) bond motifs is 19. The summed E-state index contributed by atoms with van der Waals surface area (Å²) >= 11 is 0. The van der Waals surface area contributed by atoms with Crippen molar-refractivity contribution in [1.29, 1.82) is 0 Å². The standard InChI is InChI=1S/C55H31N3O/c1-2-15-34-31-48-42(29-33(34)14-1)50-36-16-4-3-13-32(36)26-28-47(50)58(48)53-51(57-54-52(56-53)41-20-8-12-24-49(41)59-54)35-25-27-40-39-19-7-11-23-45(39)55(46(40)30-35)43-21-9-5-17-37(43)38-18-6-10-22-44(38)55/h1-31H. The minimum atomic E-state index is -0.489. The molecule has 4 nitrogen and oxygen atoms in total. The number of benzene rings is 9. The second-order valence-corrected chi connectivity index (χ2v) is 16.0. The molecule has 0 saturated carbocycles. The highest BCUT2D eigenvalue weighted by Crippen LogP contribution is 2.63. The molecule has 4 heteroatoms. The summed E-state index contributed by atoms with van der Waals surface area (Å²) in [5.74, 6) is 0.770. The molecule has 1 spiro atoms. The molecule has 0 amide bonds. The van der Waals surface area contributed by atoms with Crippen LogP contribution in [0.3, 0.4) is 0 Å². The number of furan rings is 1. The summed E-state index contributed by atoms with van der Waals surface area (Å²) < 4.78 is 8.88. The quantitative estimate of drug-likeness (QED) is 0.177. The zero-order valence-electron chi connectivity index (χ0n) is 31.6. The Kier molecular flexibility index (Phi) is 5.93. The molecule has 272 valence electrons. The van der Waals surface area contributed by atoms with Crippen molar-refractivity contribution in [1.82, 2.24) is 14.5 Å². The molecule has 2 aliphatic rings. The van der Waals surface area contributed by atoms with Gasteiger partial charge in [-0.05, 0) is 102 Å². The Morgan fingerprint density at radius 1 is 0.424 bits per heavy atom. The fourth-order valence-electron chi connectivity index (χ4n) is 10.8. The fraction of sp³-hybridized carbons (Fsp3) is 0.0182. The third kappa shape index (κ3) is 3.93. The monoisotopic (exact) mass is 749 g/mol. The average Bonchev–Trinajstić information content (AvgIpc) is 4.01. The SMILES string of the molecule is c1ccc2c(c1)-c1ccccc1C21c2ccccc2-c2ccc(-c3nc4oc5ccccc5c4nc3-n3c4cc5ccccc5cc4c4c5ccccc5ccc43)cc21. The van der Waals surface area contributed by atoms with E-state index in [9.17, 15) is 0 Å². The largest absolute Gasteiger partial charge is 0.436 e. The third-order valence-corrected chi connectivity index (χ3v) is 13.2. The fourth-order valence-corrected chi connectivity index (χ4v) is 10.8. The van der Waals surface area contributed by atoms with Gasteiger partial charge < -0.3 is 4.42 Å². The predicted octanol–water partition coefficient (Wildman–Crippen LogP) is 13.8. The molecule has 12 aromatic rings. The van der Waals surface area contributed by atoms with Gasteiger partial charge >= 0.3 is 0 Å². The van der Waals surface area contributed by atoms with E-state index in [4.69, 9.17) is 14.4 Å². The Balaban J connectivity index is 1.13. The minimum Gasteiger partial charge on any atom is -0.436 e. The summed E-state index contributed by atoms with van der Waals surface area (Å²) in [6, 6.07) is 68.4. The highest BCUT2D eigenvalue weighted by molar-refractivity contribution is 6.23. The lowest BCUT2D eigenvalue weighted by Crippen LogP contribution is -2.25. The second-order valence-electron chi connectivity index (χ2n) is 16.0. The van der Waals surface area contributed by atoms with E-state index in [1.165, 1.54) is 76.8 Å². The normalized spacial score (nSPS) is 13.6. The maximum absolute atomic E-state index is 6.52. The first kappa shape index (κ1) is 31.3. The van der Waals surface area contributed by atoms with Crippen LogP contribution in [0.4, 0.5) is 0 Å². The molecule has 0 aliphatic heterocycles. The first-order valence-electron chi connectivity index (χ1n) is 20.2. The van der Waals surface area contributed by atoms with Gasteiger partial charge in [-0.15, -0.1) is 0 Å². The Hall–Kier alpha value is -7.82. The number of nitrogens with zero attached hydrogens (tertiary/aromatic N) is 3. The molecule has 14 rings (SSSR count). The van der Waals surface area contributed by atoms with Crippen molar-refractivity contribution in [2.45, 2.75) is 5.41 Å². The van der Waals surface area contributed by atoms with Crippen LogP contribution in [0, 0.1) is 0 Å². The molecule has 2 aliphatic carbocycles. The first-order valence-corrected chi connectivity index (χ1v) is 20.2. The van der Waals surface area contributed by atoms with E-state index in [1.54, 1.807) is 0 Å². The first-order chi connectivity index (χ1) is 29.3. The van der Waals surface area contributed by atoms with E-state index in [0.717, 1.165) is 44.6 Å². The molecule has 0 saturated heterocycles. The molecule has 59 heavy (non-hydrogen) atoms. The van der Waals surface area contributed by atoms with E-state index in [-0.39, 0.29) is 0 Å². The van der Waals surface area contributed by atoms with E-state index < -0.39 is 5.41 Å². The number of para-hydroxylation sites is 1. The second kappa shape index (κ2) is 11.2. The lowest BCUT2D eigenvalue weighted by Gasteiger charge is -2.30. The lowest BCUT2D eigenvalue weighted by atomic mass is 9.70. The summed E-state index contributed by atoms with van der Waals surface area (Å²) in [6.07, 6.45) is 0. The summed E-state index contributed by atoms with van der Waals surface area (Å²) in [6.45, 7) is 0. The molecular weight excluding hydrogens is 719 g/mol. The summed E-state index contributed by atoms with van der Waals surface area (Å²) in [5.41, 5.74) is 15.7. The average molecular weight is 750 g/mol. The van der Waals surface area contributed by atoms with Gasteiger partial charge in [0.15, 0.2) is 5.82 Å². The molecule has 3 heterocycles. The molecule has 9 aromatic carbocycles. The van der Waals surface area contributed by atoms with Gasteiger partial charge in [0, 0.05) is 21.7 Å². The van der Waals surface area contributed by atoms with Crippen molar-refractivity contribution in [3.63, 3.8) is 0 Å². The van der Waals surface area contributed by atoms with E-state index >= 15 is 0 Å². The van der Waals surface area contributed by atoms with Crippen LogP contribution in [0.2, 0.25) is 0 Å². The number of hydrogen-bond donors (Lipinski definition) is 0. The van der Waals surface area contributed by atoms with Crippen LogP contribution in [-0.4, -0.2) is 14.5 Å². The van der Waals surface area contributed by atoms with Crippen molar-refractivity contribution in [2.75, 3.05) is 0 Å². The number of aromatic nitrogens is 3. The topological polar surface area (TPSA) is 43.9 Å². The number of hydrogen-bond acceptors (Lipinski definition) is 3. The third-order valence-electron chi connectivity index (χ3n) is 13.2. The Morgan fingerprint density at radius 2 is 1.02 bits per heavy atom. The highest BCUT2D eigenvalue weighted by atomic mass is 16.3. The van der Waals surface area contributed by atoms with Gasteiger partial charge in [0.1, 0.15) is 16.8 Å². The van der Waals surface area contributed by atoms with Crippen molar-refractivity contribution >= 4 is 65.6 Å². The zero-order chi connectivity index (χ0) is 38.4. The smallest absolute Gasteiger partial charge is 0.247 e. The van der Waals surface area contributed by atoms with E-state index in [0.29, 0.717) is 5.71 Å². The van der Waals surface area contributed by atoms with Crippen LogP contribution in [0.5, 0.6) is 0 Å². The summed E-state index contributed by atoms with van der Waals surface area (Å²) in [7, 11) is 0. The van der Waals surface area contributed by atoms with Crippen LogP contribution in [0.1, 0.15) is 22.3 Å². The maximum Gasteiger partial charge on any atom is 0.247 e. The zero-order valence-corrected chi connectivity index (χ0v) is 31.6. The van der Waals surface area contributed by atoms with Crippen LogP contribution < -0.4 is 0 Å². The van der Waals surface area contributed by atoms with Crippen LogP contribution in [0.25, 0.3) is 105 Å². The van der Waals surface area contributed by atoms with Crippen molar-refractivity contribution in [3.8, 4) is 39.3 Å². The summed E-state index contributed by atoms with van der Waals surface area (Å²) in [5, 5.41) is 8.13. The number of rotatable bonds is 2. The maximum atomic E-state index is 6.52. The Morgan fingerprint density at radius 3 is 1.75 bits per heavy atom. The highest BCUT2D eigenvalue weighted by Gasteiger charge is 2.51. The molecule has 0 atom stereocenters. The molecular formula is C55H31N3O. The Labute approximate surface area is 338 Å². The van der Waals surface area contributed by atoms with Gasteiger partial charge in [0.2, 0.25) is 5.71 Å². The minimum absolute atomic E-state index is 0.489. The van der Waals surface area contributed by atoms with E-state index in [1.807, 2.05) is 18.2 Å². The molecule has 3 aromatic heterocycles. The Bertz CT molecular complexity index is 3750. The van der Waals surface area contributed by atoms with Crippen LogP contribution in [-0.2, 0) is 5.41 Å². The van der Waals surface area contributed by atoms with Gasteiger partial charge in [0.25, 0.3) is 0 Å². The van der Waals surface area contributed by atoms with Gasteiger partial charge in [0.05, 0.1) is 16.4 Å². The molecule has 0 fully saturated rings. The van der Waals surface area contributed by atoms with E-state index in [2.05, 4.69) is 174 Å². The van der Waals surface area contributed by atoms with Gasteiger partial charge in [-0.2, -0.15) is 0 Å².